The van der Waals surface area contributed by atoms with Crippen molar-refractivity contribution in [3.8, 4) is 0 Å². The van der Waals surface area contributed by atoms with Gasteiger partial charge in [0, 0.05) is 15.7 Å². The molecule has 0 atom stereocenters. The first-order valence-corrected chi connectivity index (χ1v) is 5.41. The van der Waals surface area contributed by atoms with Gasteiger partial charge in [0.1, 0.15) is 0 Å². The van der Waals surface area contributed by atoms with Crippen LogP contribution in [0, 0.1) is 0 Å². The van der Waals surface area contributed by atoms with Gasteiger partial charge in [0.25, 0.3) is 0 Å². The number of fused-ring (bicyclic) bond motifs is 2. The van der Waals surface area contributed by atoms with Gasteiger partial charge in [-0.3, -0.25) is 0 Å². The van der Waals surface area contributed by atoms with Crippen LogP contribution in [-0.4, -0.2) is 19.8 Å². The van der Waals surface area contributed by atoms with Crippen molar-refractivity contribution < 1.29 is 9.47 Å². The maximum atomic E-state index is 5.67. The maximum absolute atomic E-state index is 5.67. The Balaban J connectivity index is 2.09. The van der Waals surface area contributed by atoms with Gasteiger partial charge in [0.15, 0.2) is 0 Å². The summed E-state index contributed by atoms with van der Waals surface area (Å²) in [6.45, 7) is 2.06. The van der Waals surface area contributed by atoms with Gasteiger partial charge in [0.05, 0.1) is 19.8 Å². The van der Waals surface area contributed by atoms with E-state index in [-0.39, 0.29) is 0 Å². The molecule has 2 heterocycles. The summed E-state index contributed by atoms with van der Waals surface area (Å²) in [7, 11) is 0. The molecule has 2 aliphatic rings. The fraction of sp³-hybridized carbons (Fsp3) is 0.400. The summed E-state index contributed by atoms with van der Waals surface area (Å²) >= 11 is 3.44. The largest absolute Gasteiger partial charge is 0.379 e. The van der Waals surface area contributed by atoms with Gasteiger partial charge in [-0.15, -0.1) is 0 Å². The van der Waals surface area contributed by atoms with E-state index in [1.807, 2.05) is 12.1 Å². The molecular weight excluding hydrogens is 246 g/mol. The van der Waals surface area contributed by atoms with Crippen LogP contribution >= 0.6 is 15.9 Å². The molecule has 0 aliphatic carbocycles. The number of nitrogens with one attached hydrogen (secondary N) is 1. The van der Waals surface area contributed by atoms with Crippen molar-refractivity contribution in [1.82, 2.24) is 0 Å². The summed E-state index contributed by atoms with van der Waals surface area (Å²) in [5.74, 6) is -0.518. The number of hydrogen-bond donors (Lipinski definition) is 1. The molecule has 3 rings (SSSR count). The van der Waals surface area contributed by atoms with Crippen molar-refractivity contribution in [3.05, 3.63) is 28.2 Å². The highest BCUT2D eigenvalue weighted by Crippen LogP contribution is 2.41. The van der Waals surface area contributed by atoms with Crippen LogP contribution in [-0.2, 0) is 15.3 Å². The van der Waals surface area contributed by atoms with Crippen LogP contribution in [0.1, 0.15) is 5.56 Å². The molecule has 1 fully saturated rings. The van der Waals surface area contributed by atoms with E-state index < -0.39 is 5.79 Å². The fourth-order valence-corrected chi connectivity index (χ4v) is 2.38. The average Bonchev–Trinajstić information content (AvgIpc) is 2.77. The molecule has 0 saturated carbocycles. The van der Waals surface area contributed by atoms with Gasteiger partial charge in [0.2, 0.25) is 5.79 Å². The van der Waals surface area contributed by atoms with Crippen LogP contribution in [0.15, 0.2) is 22.7 Å². The second-order valence-corrected chi connectivity index (χ2v) is 4.41. The van der Waals surface area contributed by atoms with Crippen LogP contribution in [0.2, 0.25) is 0 Å². The molecule has 1 saturated heterocycles. The van der Waals surface area contributed by atoms with E-state index in [1.165, 1.54) is 0 Å². The molecule has 0 amide bonds. The molecule has 0 radical (unpaired) electrons. The van der Waals surface area contributed by atoms with Gasteiger partial charge in [-0.25, -0.2) is 0 Å². The predicted octanol–water partition coefficient (Wildman–Crippen LogP) is 2.07. The summed E-state index contributed by atoms with van der Waals surface area (Å²) in [6, 6.07) is 6.11. The average molecular weight is 256 g/mol. The van der Waals surface area contributed by atoms with Crippen molar-refractivity contribution in [2.75, 3.05) is 25.1 Å². The zero-order chi connectivity index (χ0) is 9.60. The molecule has 1 N–H and O–H groups in total. The minimum Gasteiger partial charge on any atom is -0.379 e. The van der Waals surface area contributed by atoms with Crippen molar-refractivity contribution in [2.24, 2.45) is 0 Å². The molecular formula is C10H10BrNO2. The number of benzene rings is 1. The highest BCUT2D eigenvalue weighted by molar-refractivity contribution is 9.10. The number of rotatable bonds is 0. The van der Waals surface area contributed by atoms with Gasteiger partial charge in [-0.05, 0) is 12.1 Å². The molecule has 1 spiro atoms. The number of hydrogen-bond acceptors (Lipinski definition) is 3. The van der Waals surface area contributed by atoms with E-state index in [4.69, 9.17) is 9.47 Å². The monoisotopic (exact) mass is 255 g/mol. The van der Waals surface area contributed by atoms with Crippen LogP contribution < -0.4 is 5.32 Å². The zero-order valence-electron chi connectivity index (χ0n) is 7.55. The van der Waals surface area contributed by atoms with E-state index in [0.29, 0.717) is 19.8 Å². The van der Waals surface area contributed by atoms with Gasteiger partial charge < -0.3 is 14.8 Å². The molecule has 0 aromatic heterocycles. The predicted molar refractivity (Wildman–Crippen MR) is 56.2 cm³/mol. The van der Waals surface area contributed by atoms with E-state index in [9.17, 15) is 0 Å². The molecule has 0 unspecified atom stereocenters. The Morgan fingerprint density at radius 2 is 2.07 bits per heavy atom. The maximum Gasteiger partial charge on any atom is 0.214 e. The summed E-state index contributed by atoms with van der Waals surface area (Å²) in [6.07, 6.45) is 0. The smallest absolute Gasteiger partial charge is 0.214 e. The Labute approximate surface area is 90.5 Å². The van der Waals surface area contributed by atoms with E-state index in [2.05, 4.69) is 27.3 Å². The molecule has 3 nitrogen and oxygen atoms in total. The molecule has 74 valence electrons. The minimum absolute atomic E-state index is 0.518. The quantitative estimate of drug-likeness (QED) is 0.770. The lowest BCUT2D eigenvalue weighted by Crippen LogP contribution is -2.29. The second-order valence-electron chi connectivity index (χ2n) is 3.49. The third-order valence-electron chi connectivity index (χ3n) is 2.66. The standard InChI is InChI=1S/C10H10BrNO2/c11-7-1-2-8-9(5-7)12-6-10(8)13-3-4-14-10/h1-2,5,12H,3-4,6H2. The Morgan fingerprint density at radius 1 is 1.29 bits per heavy atom. The highest BCUT2D eigenvalue weighted by atomic mass is 79.9. The van der Waals surface area contributed by atoms with Crippen molar-refractivity contribution >= 4 is 21.6 Å². The number of anilines is 1. The van der Waals surface area contributed by atoms with Gasteiger partial charge in [-0.1, -0.05) is 22.0 Å². The van der Waals surface area contributed by atoms with Crippen molar-refractivity contribution in [1.29, 1.82) is 0 Å². The molecule has 4 heteroatoms. The molecule has 1 aromatic carbocycles. The molecule has 0 bridgehead atoms. The zero-order valence-corrected chi connectivity index (χ0v) is 9.13. The number of ether oxygens (including phenoxy) is 2. The lowest BCUT2D eigenvalue weighted by molar-refractivity contribution is -0.148. The minimum atomic E-state index is -0.518. The second kappa shape index (κ2) is 2.95. The van der Waals surface area contributed by atoms with Crippen LogP contribution in [0.3, 0.4) is 0 Å². The van der Waals surface area contributed by atoms with E-state index in [1.54, 1.807) is 0 Å². The first-order valence-electron chi connectivity index (χ1n) is 4.62. The molecule has 2 aliphatic heterocycles. The Hall–Kier alpha value is -0.580. The fourth-order valence-electron chi connectivity index (χ4n) is 2.01. The highest BCUT2D eigenvalue weighted by Gasteiger charge is 2.44. The van der Waals surface area contributed by atoms with Crippen LogP contribution in [0.4, 0.5) is 5.69 Å². The van der Waals surface area contributed by atoms with Gasteiger partial charge in [-0.2, -0.15) is 0 Å². The van der Waals surface area contributed by atoms with Crippen molar-refractivity contribution in [3.63, 3.8) is 0 Å². The summed E-state index contributed by atoms with van der Waals surface area (Å²) < 4.78 is 12.4. The van der Waals surface area contributed by atoms with Crippen LogP contribution in [0.5, 0.6) is 0 Å². The Morgan fingerprint density at radius 3 is 2.86 bits per heavy atom. The molecule has 1 aromatic rings. The van der Waals surface area contributed by atoms with Gasteiger partial charge >= 0.3 is 0 Å². The third kappa shape index (κ3) is 1.11. The normalized spacial score (nSPS) is 22.4. The molecule has 14 heavy (non-hydrogen) atoms. The Kier molecular flexibility index (Phi) is 1.84. The summed E-state index contributed by atoms with van der Waals surface area (Å²) in [5, 5.41) is 3.29. The topological polar surface area (TPSA) is 30.5 Å². The number of halogens is 1. The first-order chi connectivity index (χ1) is 6.80. The van der Waals surface area contributed by atoms with Crippen molar-refractivity contribution in [2.45, 2.75) is 5.79 Å². The van der Waals surface area contributed by atoms with Crippen LogP contribution in [0.25, 0.3) is 0 Å². The van der Waals surface area contributed by atoms with E-state index >= 15 is 0 Å². The Bertz CT molecular complexity index is 374. The summed E-state index contributed by atoms with van der Waals surface area (Å²) in [4.78, 5) is 0. The first kappa shape index (κ1) is 8.71. The lowest BCUT2D eigenvalue weighted by Gasteiger charge is -2.21. The van der Waals surface area contributed by atoms with E-state index in [0.717, 1.165) is 15.7 Å². The summed E-state index contributed by atoms with van der Waals surface area (Å²) in [5.41, 5.74) is 2.21. The SMILES string of the molecule is Brc1ccc2c(c1)NCC21OCCO1. The lowest BCUT2D eigenvalue weighted by atomic mass is 10.1. The third-order valence-corrected chi connectivity index (χ3v) is 3.15.